The number of methoxy groups -OCH3 is 1. The highest BCUT2D eigenvalue weighted by Crippen LogP contribution is 2.28. The first kappa shape index (κ1) is 20.0. The van der Waals surface area contributed by atoms with E-state index in [1.165, 1.54) is 40.2 Å². The van der Waals surface area contributed by atoms with Gasteiger partial charge in [-0.2, -0.15) is 0 Å². The maximum Gasteiger partial charge on any atom is 0.106 e. The average molecular weight is 352 g/mol. The number of likely N-dealkylation sites (N-methyl/N-ethyl adjacent to an activating group) is 1. The van der Waals surface area contributed by atoms with Gasteiger partial charge in [0.2, 0.25) is 0 Å². The van der Waals surface area contributed by atoms with E-state index in [1.807, 2.05) is 6.79 Å². The number of piperazine rings is 1. The van der Waals surface area contributed by atoms with Crippen LogP contribution in [-0.2, 0) is 16.1 Å². The van der Waals surface area contributed by atoms with Crippen molar-refractivity contribution in [1.82, 2.24) is 10.2 Å². The second-order valence-electron chi connectivity index (χ2n) is 6.28. The fourth-order valence-electron chi connectivity index (χ4n) is 3.18. The summed E-state index contributed by atoms with van der Waals surface area (Å²) in [4.78, 5) is 10.3. The Morgan fingerprint density at radius 2 is 1.46 bits per heavy atom. The molecular weight excluding hydrogens is 324 g/mol. The Morgan fingerprint density at radius 3 is 1.88 bits per heavy atom. The van der Waals surface area contributed by atoms with E-state index in [2.05, 4.69) is 71.9 Å². The standard InChI is InChI=1S/C16H14O.C5H12N2.CH2O/c1-17-11-16-14-8-4-2-6-12(14)10-13-7-3-5-9-15(13)16;1-7-4-2-6-3-5-7;1-2/h2-10H,11H2,1H3;6H,2-5H2,1H3;1H2. The lowest BCUT2D eigenvalue weighted by molar-refractivity contribution is -0.0979. The van der Waals surface area contributed by atoms with Crippen molar-refractivity contribution in [2.45, 2.75) is 6.61 Å². The highest BCUT2D eigenvalue weighted by atomic mass is 16.5. The number of rotatable bonds is 2. The zero-order valence-corrected chi connectivity index (χ0v) is 15.7. The van der Waals surface area contributed by atoms with E-state index in [9.17, 15) is 0 Å². The molecule has 1 aliphatic heterocycles. The van der Waals surface area contributed by atoms with E-state index < -0.39 is 0 Å². The van der Waals surface area contributed by atoms with E-state index in [0.29, 0.717) is 6.61 Å². The van der Waals surface area contributed by atoms with Crippen molar-refractivity contribution in [3.8, 4) is 0 Å². The third-order valence-corrected chi connectivity index (χ3v) is 4.51. The number of carbonyl (C=O) groups excluding carboxylic acids is 1. The number of hydrogen-bond donors (Lipinski definition) is 1. The quantitative estimate of drug-likeness (QED) is 0.717. The van der Waals surface area contributed by atoms with Crippen molar-refractivity contribution in [1.29, 1.82) is 0 Å². The first-order chi connectivity index (χ1) is 12.8. The maximum atomic E-state index is 8.00. The van der Waals surface area contributed by atoms with Gasteiger partial charge in [0, 0.05) is 33.3 Å². The van der Waals surface area contributed by atoms with Gasteiger partial charge < -0.3 is 19.7 Å². The summed E-state index contributed by atoms with van der Waals surface area (Å²) in [5, 5.41) is 8.40. The zero-order valence-electron chi connectivity index (χ0n) is 15.7. The number of nitrogens with zero attached hydrogens (tertiary/aromatic N) is 1. The number of ether oxygens (including phenoxy) is 1. The lowest BCUT2D eigenvalue weighted by Crippen LogP contribution is -2.40. The van der Waals surface area contributed by atoms with Gasteiger partial charge in [-0.3, -0.25) is 0 Å². The van der Waals surface area contributed by atoms with Crippen LogP contribution in [0.4, 0.5) is 0 Å². The molecule has 0 aliphatic carbocycles. The largest absolute Gasteiger partial charge is 0.380 e. The molecule has 138 valence electrons. The van der Waals surface area contributed by atoms with Crippen LogP contribution in [0.3, 0.4) is 0 Å². The van der Waals surface area contributed by atoms with Gasteiger partial charge in [-0.15, -0.1) is 0 Å². The van der Waals surface area contributed by atoms with Crippen molar-refractivity contribution in [2.75, 3.05) is 40.3 Å². The summed E-state index contributed by atoms with van der Waals surface area (Å²) >= 11 is 0. The molecule has 1 saturated heterocycles. The number of carbonyl (C=O) groups is 1. The van der Waals surface area contributed by atoms with E-state index in [-0.39, 0.29) is 0 Å². The lowest BCUT2D eigenvalue weighted by atomic mass is 9.97. The van der Waals surface area contributed by atoms with E-state index in [4.69, 9.17) is 9.53 Å². The van der Waals surface area contributed by atoms with Gasteiger partial charge in [-0.1, -0.05) is 48.5 Å². The van der Waals surface area contributed by atoms with Crippen LogP contribution in [0.5, 0.6) is 0 Å². The van der Waals surface area contributed by atoms with Crippen LogP contribution in [-0.4, -0.2) is 52.0 Å². The molecular formula is C22H28N2O2. The van der Waals surface area contributed by atoms with Crippen molar-refractivity contribution >= 4 is 28.3 Å². The molecule has 0 radical (unpaired) electrons. The summed E-state index contributed by atoms with van der Waals surface area (Å²) in [6.45, 7) is 7.40. The van der Waals surface area contributed by atoms with Gasteiger partial charge in [0.1, 0.15) is 6.79 Å². The third-order valence-electron chi connectivity index (χ3n) is 4.51. The van der Waals surface area contributed by atoms with E-state index in [0.717, 1.165) is 13.1 Å². The zero-order chi connectivity index (χ0) is 18.8. The minimum Gasteiger partial charge on any atom is -0.380 e. The molecule has 26 heavy (non-hydrogen) atoms. The van der Waals surface area contributed by atoms with Crippen molar-refractivity contribution < 1.29 is 9.53 Å². The van der Waals surface area contributed by atoms with E-state index >= 15 is 0 Å². The monoisotopic (exact) mass is 352 g/mol. The number of fused-ring (bicyclic) bond motifs is 2. The Bertz CT molecular complexity index is 759. The Morgan fingerprint density at radius 1 is 0.962 bits per heavy atom. The summed E-state index contributed by atoms with van der Waals surface area (Å²) < 4.78 is 5.34. The Hall–Kier alpha value is -2.27. The molecule has 3 aromatic carbocycles. The minimum atomic E-state index is 0.655. The summed E-state index contributed by atoms with van der Waals surface area (Å²) in [6, 6.07) is 19.2. The fraction of sp³-hybridized carbons (Fsp3) is 0.318. The number of hydrogen-bond acceptors (Lipinski definition) is 4. The second-order valence-corrected chi connectivity index (χ2v) is 6.28. The molecule has 0 amide bonds. The van der Waals surface area contributed by atoms with Crippen molar-refractivity contribution in [2.24, 2.45) is 0 Å². The molecule has 1 fully saturated rings. The second kappa shape index (κ2) is 10.7. The molecule has 0 spiro atoms. The predicted octanol–water partition coefficient (Wildman–Crippen LogP) is 3.48. The lowest BCUT2D eigenvalue weighted by Gasteiger charge is -2.21. The molecule has 4 rings (SSSR count). The molecule has 4 nitrogen and oxygen atoms in total. The SMILES string of the molecule is C=O.CN1CCNCC1.COCc1c2ccccc2cc2ccccc12. The summed E-state index contributed by atoms with van der Waals surface area (Å²) in [5.74, 6) is 0. The molecule has 0 unspecified atom stereocenters. The van der Waals surface area contributed by atoms with Crippen molar-refractivity contribution in [3.05, 3.63) is 60.2 Å². The van der Waals surface area contributed by atoms with Gasteiger partial charge in [-0.25, -0.2) is 0 Å². The molecule has 4 heteroatoms. The topological polar surface area (TPSA) is 41.6 Å². The van der Waals surface area contributed by atoms with Crippen LogP contribution >= 0.6 is 0 Å². The van der Waals surface area contributed by atoms with Crippen LogP contribution in [0.2, 0.25) is 0 Å². The maximum absolute atomic E-state index is 8.00. The highest BCUT2D eigenvalue weighted by Gasteiger charge is 2.06. The van der Waals surface area contributed by atoms with E-state index in [1.54, 1.807) is 7.11 Å². The first-order valence-electron chi connectivity index (χ1n) is 8.86. The fourth-order valence-corrected chi connectivity index (χ4v) is 3.18. The third kappa shape index (κ3) is 5.11. The van der Waals surface area contributed by atoms with Crippen LogP contribution < -0.4 is 5.32 Å². The van der Waals surface area contributed by atoms with Gasteiger partial charge >= 0.3 is 0 Å². The smallest absolute Gasteiger partial charge is 0.106 e. The Labute approximate surface area is 155 Å². The number of nitrogens with one attached hydrogen (secondary N) is 1. The molecule has 0 bridgehead atoms. The summed E-state index contributed by atoms with van der Waals surface area (Å²) in [5.41, 5.74) is 1.28. The van der Waals surface area contributed by atoms with Crippen LogP contribution in [0.25, 0.3) is 21.5 Å². The van der Waals surface area contributed by atoms with Gasteiger partial charge in [0.05, 0.1) is 6.61 Å². The molecule has 1 N–H and O–H groups in total. The molecule has 3 aromatic rings. The number of benzene rings is 3. The minimum absolute atomic E-state index is 0.655. The molecule has 1 aliphatic rings. The molecule has 0 aromatic heterocycles. The van der Waals surface area contributed by atoms with Crippen LogP contribution in [0.1, 0.15) is 5.56 Å². The first-order valence-corrected chi connectivity index (χ1v) is 8.86. The molecule has 0 atom stereocenters. The van der Waals surface area contributed by atoms with Gasteiger partial charge in [0.25, 0.3) is 0 Å². The Balaban J connectivity index is 0.000000227. The molecule has 1 heterocycles. The molecule has 0 saturated carbocycles. The van der Waals surface area contributed by atoms with Crippen LogP contribution in [0, 0.1) is 0 Å². The Kier molecular flexibility index (Phi) is 8.22. The average Bonchev–Trinajstić information content (AvgIpc) is 2.70. The normalized spacial score (nSPS) is 14.2. The van der Waals surface area contributed by atoms with Gasteiger partial charge in [0.15, 0.2) is 0 Å². The highest BCUT2D eigenvalue weighted by molar-refractivity contribution is 6.02. The summed E-state index contributed by atoms with van der Waals surface area (Å²) in [6.07, 6.45) is 0. The summed E-state index contributed by atoms with van der Waals surface area (Å²) in [7, 11) is 3.90. The van der Waals surface area contributed by atoms with Gasteiger partial charge in [-0.05, 0) is 40.2 Å². The van der Waals surface area contributed by atoms with Crippen LogP contribution in [0.15, 0.2) is 54.6 Å². The van der Waals surface area contributed by atoms with Crippen molar-refractivity contribution in [3.63, 3.8) is 0 Å². The predicted molar refractivity (Wildman–Crippen MR) is 110 cm³/mol.